The van der Waals surface area contributed by atoms with Crippen molar-refractivity contribution in [3.05, 3.63) is 52.8 Å². The van der Waals surface area contributed by atoms with Crippen LogP contribution in [0.15, 0.2) is 30.6 Å². The maximum Gasteiger partial charge on any atom is 0.0725 e. The molecule has 4 nitrogen and oxygen atoms in total. The first kappa shape index (κ1) is 10.5. The summed E-state index contributed by atoms with van der Waals surface area (Å²) in [6, 6.07) is 6.71. The summed E-state index contributed by atoms with van der Waals surface area (Å²) in [5.41, 5.74) is 4.99. The third kappa shape index (κ3) is 1.85. The van der Waals surface area contributed by atoms with Gasteiger partial charge in [-0.25, -0.2) is 0 Å². The molecule has 0 saturated carbocycles. The second-order valence-electron chi connectivity index (χ2n) is 4.27. The number of ether oxygens (including phenoxy) is 1. The fraction of sp³-hybridized carbons (Fsp3) is 0.308. The number of fused-ring (bicyclic) bond motifs is 1. The molecule has 0 fully saturated rings. The number of nitrogens with one attached hydrogen (secondary N) is 2. The monoisotopic (exact) mass is 229 g/mol. The van der Waals surface area contributed by atoms with E-state index in [2.05, 4.69) is 33.7 Å². The molecule has 2 aromatic rings. The molecule has 1 aliphatic heterocycles. The Kier molecular flexibility index (Phi) is 2.66. The molecular weight excluding hydrogens is 214 g/mol. The highest BCUT2D eigenvalue weighted by Crippen LogP contribution is 2.26. The number of rotatable bonds is 3. The van der Waals surface area contributed by atoms with E-state index in [0.717, 1.165) is 18.8 Å². The normalized spacial score (nSPS) is 15.8. The van der Waals surface area contributed by atoms with E-state index in [4.69, 9.17) is 4.74 Å². The summed E-state index contributed by atoms with van der Waals surface area (Å²) in [4.78, 5) is 0. The van der Waals surface area contributed by atoms with Crippen LogP contribution in [-0.4, -0.2) is 17.2 Å². The van der Waals surface area contributed by atoms with Gasteiger partial charge in [0.25, 0.3) is 0 Å². The molecule has 1 aliphatic rings. The lowest BCUT2D eigenvalue weighted by molar-refractivity contribution is 0.134. The Labute approximate surface area is 100 Å². The fourth-order valence-corrected chi connectivity index (χ4v) is 2.32. The molecule has 0 aliphatic carbocycles. The number of benzene rings is 1. The van der Waals surface area contributed by atoms with E-state index >= 15 is 0 Å². The Bertz CT molecular complexity index is 507. The topological polar surface area (TPSA) is 49.9 Å². The molecule has 17 heavy (non-hydrogen) atoms. The van der Waals surface area contributed by atoms with Crippen molar-refractivity contribution >= 4 is 0 Å². The molecule has 0 amide bonds. The SMILES string of the molecule is CNC(c1cn[nH]c1)c1ccc2c(c1)COC2. The quantitative estimate of drug-likeness (QED) is 0.843. The number of aromatic amines is 1. The highest BCUT2D eigenvalue weighted by molar-refractivity contribution is 5.37. The van der Waals surface area contributed by atoms with E-state index in [1.54, 1.807) is 0 Å². The Hall–Kier alpha value is -1.65. The minimum Gasteiger partial charge on any atom is -0.372 e. The van der Waals surface area contributed by atoms with Gasteiger partial charge in [-0.2, -0.15) is 5.10 Å². The summed E-state index contributed by atoms with van der Waals surface area (Å²) in [7, 11) is 1.96. The van der Waals surface area contributed by atoms with Gasteiger partial charge in [0.05, 0.1) is 25.5 Å². The van der Waals surface area contributed by atoms with E-state index < -0.39 is 0 Å². The van der Waals surface area contributed by atoms with Crippen LogP contribution in [-0.2, 0) is 18.0 Å². The average Bonchev–Trinajstić information content (AvgIpc) is 2.99. The van der Waals surface area contributed by atoms with Crippen LogP contribution >= 0.6 is 0 Å². The number of hydrogen-bond donors (Lipinski definition) is 2. The van der Waals surface area contributed by atoms with Crippen LogP contribution in [0, 0.1) is 0 Å². The lowest BCUT2D eigenvalue weighted by atomic mass is 9.98. The second-order valence-corrected chi connectivity index (χ2v) is 4.27. The molecule has 0 saturated heterocycles. The van der Waals surface area contributed by atoms with Crippen molar-refractivity contribution in [3.8, 4) is 0 Å². The zero-order chi connectivity index (χ0) is 11.7. The molecule has 0 bridgehead atoms. The molecule has 1 aromatic carbocycles. The van der Waals surface area contributed by atoms with Gasteiger partial charge in [0, 0.05) is 11.8 Å². The van der Waals surface area contributed by atoms with Crippen LogP contribution in [0.2, 0.25) is 0 Å². The van der Waals surface area contributed by atoms with Crippen molar-refractivity contribution in [3.63, 3.8) is 0 Å². The van der Waals surface area contributed by atoms with Crippen LogP contribution in [0.3, 0.4) is 0 Å². The molecule has 0 spiro atoms. The van der Waals surface area contributed by atoms with Crippen molar-refractivity contribution in [2.75, 3.05) is 7.05 Å². The summed E-state index contributed by atoms with van der Waals surface area (Å²) in [6.07, 6.45) is 3.77. The van der Waals surface area contributed by atoms with Crippen LogP contribution < -0.4 is 5.32 Å². The zero-order valence-electron chi connectivity index (χ0n) is 9.73. The van der Waals surface area contributed by atoms with Crippen molar-refractivity contribution in [2.45, 2.75) is 19.3 Å². The van der Waals surface area contributed by atoms with Crippen molar-refractivity contribution in [1.82, 2.24) is 15.5 Å². The Morgan fingerprint density at radius 2 is 2.18 bits per heavy atom. The molecule has 0 radical (unpaired) electrons. The zero-order valence-corrected chi connectivity index (χ0v) is 9.73. The Morgan fingerprint density at radius 3 is 2.94 bits per heavy atom. The number of H-pyrrole nitrogens is 1. The van der Waals surface area contributed by atoms with Gasteiger partial charge in [-0.15, -0.1) is 0 Å². The van der Waals surface area contributed by atoms with E-state index in [1.165, 1.54) is 16.7 Å². The molecule has 1 atom stereocenters. The summed E-state index contributed by atoms with van der Waals surface area (Å²) in [6.45, 7) is 1.47. The summed E-state index contributed by atoms with van der Waals surface area (Å²) in [5.74, 6) is 0. The molecule has 88 valence electrons. The first-order valence-corrected chi connectivity index (χ1v) is 5.74. The van der Waals surface area contributed by atoms with E-state index in [9.17, 15) is 0 Å². The molecule has 1 unspecified atom stereocenters. The van der Waals surface area contributed by atoms with Crippen LogP contribution in [0.5, 0.6) is 0 Å². The molecule has 2 N–H and O–H groups in total. The minimum absolute atomic E-state index is 0.180. The van der Waals surface area contributed by atoms with Crippen LogP contribution in [0.4, 0.5) is 0 Å². The lowest BCUT2D eigenvalue weighted by Gasteiger charge is -2.15. The summed E-state index contributed by atoms with van der Waals surface area (Å²) >= 11 is 0. The van der Waals surface area contributed by atoms with Gasteiger partial charge in [0.1, 0.15) is 0 Å². The first-order valence-electron chi connectivity index (χ1n) is 5.74. The second kappa shape index (κ2) is 4.31. The number of nitrogens with zero attached hydrogens (tertiary/aromatic N) is 1. The molecular formula is C13H15N3O. The van der Waals surface area contributed by atoms with Gasteiger partial charge in [0.15, 0.2) is 0 Å². The van der Waals surface area contributed by atoms with Crippen LogP contribution in [0.25, 0.3) is 0 Å². The molecule has 4 heteroatoms. The van der Waals surface area contributed by atoms with Crippen LogP contribution in [0.1, 0.15) is 28.3 Å². The molecule has 3 rings (SSSR count). The van der Waals surface area contributed by atoms with Crippen molar-refractivity contribution < 1.29 is 4.74 Å². The smallest absolute Gasteiger partial charge is 0.0725 e. The van der Waals surface area contributed by atoms with Gasteiger partial charge in [0.2, 0.25) is 0 Å². The van der Waals surface area contributed by atoms with Gasteiger partial charge in [-0.3, -0.25) is 5.10 Å². The summed E-state index contributed by atoms with van der Waals surface area (Å²) in [5, 5.41) is 10.2. The predicted molar refractivity (Wildman–Crippen MR) is 64.4 cm³/mol. The average molecular weight is 229 g/mol. The standard InChI is InChI=1S/C13H15N3O/c1-14-13(12-5-15-16-6-12)9-2-3-10-7-17-8-11(10)4-9/h2-6,13-14H,7-8H2,1H3,(H,15,16). The lowest BCUT2D eigenvalue weighted by Crippen LogP contribution is -2.17. The van der Waals surface area contributed by atoms with E-state index in [1.807, 2.05) is 19.4 Å². The number of hydrogen-bond acceptors (Lipinski definition) is 3. The van der Waals surface area contributed by atoms with Gasteiger partial charge in [-0.1, -0.05) is 18.2 Å². The predicted octanol–water partition coefficient (Wildman–Crippen LogP) is 1.75. The van der Waals surface area contributed by atoms with Crippen molar-refractivity contribution in [2.24, 2.45) is 0 Å². The van der Waals surface area contributed by atoms with Crippen molar-refractivity contribution in [1.29, 1.82) is 0 Å². The first-order chi connectivity index (χ1) is 8.38. The number of aromatic nitrogens is 2. The Morgan fingerprint density at radius 1 is 1.29 bits per heavy atom. The maximum atomic E-state index is 5.44. The van der Waals surface area contributed by atoms with Gasteiger partial charge >= 0.3 is 0 Å². The Balaban J connectivity index is 1.97. The van der Waals surface area contributed by atoms with Gasteiger partial charge < -0.3 is 10.1 Å². The summed E-state index contributed by atoms with van der Waals surface area (Å²) < 4.78 is 5.44. The minimum atomic E-state index is 0.180. The highest BCUT2D eigenvalue weighted by Gasteiger charge is 2.17. The third-order valence-corrected chi connectivity index (χ3v) is 3.22. The highest BCUT2D eigenvalue weighted by atomic mass is 16.5. The fourth-order valence-electron chi connectivity index (χ4n) is 2.32. The molecule has 2 heterocycles. The largest absolute Gasteiger partial charge is 0.372 e. The molecule has 1 aromatic heterocycles. The van der Waals surface area contributed by atoms with Gasteiger partial charge in [-0.05, 0) is 23.7 Å². The maximum absolute atomic E-state index is 5.44. The van der Waals surface area contributed by atoms with E-state index in [0.29, 0.717) is 0 Å². The third-order valence-electron chi connectivity index (χ3n) is 3.22. The van der Waals surface area contributed by atoms with E-state index in [-0.39, 0.29) is 6.04 Å².